The Labute approximate surface area is 123 Å². The minimum atomic E-state index is -0.127. The maximum absolute atomic E-state index is 12.1. The van der Waals surface area contributed by atoms with Gasteiger partial charge in [-0.1, -0.05) is 23.7 Å². The fraction of sp³-hybridized carbons (Fsp3) is 0. The molecule has 1 N–H and O–H groups in total. The SMILES string of the molecule is O=c1[nH]c2cc(-c3ccnc(Cl)c3)nn2c2ccccc12. The fourth-order valence-electron chi connectivity index (χ4n) is 2.39. The second-order valence-electron chi connectivity index (χ2n) is 4.67. The molecule has 0 aliphatic rings. The highest BCUT2D eigenvalue weighted by molar-refractivity contribution is 6.29. The molecular weight excluding hydrogens is 288 g/mol. The number of halogens is 1. The van der Waals surface area contributed by atoms with Gasteiger partial charge in [0.05, 0.1) is 16.6 Å². The summed E-state index contributed by atoms with van der Waals surface area (Å²) in [5, 5.41) is 5.56. The zero-order valence-corrected chi connectivity index (χ0v) is 11.5. The summed E-state index contributed by atoms with van der Waals surface area (Å²) in [5.74, 6) is 0. The first kappa shape index (κ1) is 12.1. The molecule has 0 atom stereocenters. The average molecular weight is 297 g/mol. The van der Waals surface area contributed by atoms with Crippen molar-refractivity contribution in [1.82, 2.24) is 19.6 Å². The number of hydrogen-bond acceptors (Lipinski definition) is 3. The third-order valence-corrected chi connectivity index (χ3v) is 3.56. The number of H-pyrrole nitrogens is 1. The van der Waals surface area contributed by atoms with Gasteiger partial charge in [-0.25, -0.2) is 9.50 Å². The van der Waals surface area contributed by atoms with E-state index < -0.39 is 0 Å². The summed E-state index contributed by atoms with van der Waals surface area (Å²) in [6, 6.07) is 12.7. The van der Waals surface area contributed by atoms with Crippen LogP contribution in [0.15, 0.2) is 53.5 Å². The molecule has 6 heteroatoms. The summed E-state index contributed by atoms with van der Waals surface area (Å²) >= 11 is 5.91. The molecule has 0 bridgehead atoms. The van der Waals surface area contributed by atoms with Crippen LogP contribution in [-0.4, -0.2) is 19.6 Å². The Kier molecular flexibility index (Phi) is 2.55. The predicted molar refractivity (Wildman–Crippen MR) is 81.6 cm³/mol. The lowest BCUT2D eigenvalue weighted by Crippen LogP contribution is -2.09. The largest absolute Gasteiger partial charge is 0.306 e. The summed E-state index contributed by atoms with van der Waals surface area (Å²) < 4.78 is 1.72. The number of aromatic nitrogens is 4. The van der Waals surface area contributed by atoms with Gasteiger partial charge in [0.2, 0.25) is 0 Å². The summed E-state index contributed by atoms with van der Waals surface area (Å²) in [5.41, 5.74) is 2.86. The molecule has 4 aromatic rings. The van der Waals surface area contributed by atoms with Crippen molar-refractivity contribution in [1.29, 1.82) is 0 Å². The molecular formula is C15H9ClN4O. The number of fused-ring (bicyclic) bond motifs is 3. The van der Waals surface area contributed by atoms with Crippen LogP contribution in [0.2, 0.25) is 5.15 Å². The lowest BCUT2D eigenvalue weighted by molar-refractivity contribution is 0.981. The normalized spacial score (nSPS) is 11.3. The monoisotopic (exact) mass is 296 g/mol. The molecule has 0 saturated carbocycles. The number of pyridine rings is 1. The van der Waals surface area contributed by atoms with Crippen LogP contribution < -0.4 is 5.56 Å². The van der Waals surface area contributed by atoms with Gasteiger partial charge in [-0.15, -0.1) is 0 Å². The number of benzene rings is 1. The standard InChI is InChI=1S/C15H9ClN4O/c16-13-7-9(5-6-17-13)11-8-14-18-15(21)10-3-1-2-4-12(10)20(14)19-11/h1-8H,(H,18,21). The zero-order valence-electron chi connectivity index (χ0n) is 10.7. The molecule has 5 nitrogen and oxygen atoms in total. The van der Waals surface area contributed by atoms with Crippen molar-refractivity contribution in [2.75, 3.05) is 0 Å². The zero-order chi connectivity index (χ0) is 14.4. The van der Waals surface area contributed by atoms with E-state index in [1.807, 2.05) is 30.3 Å². The second kappa shape index (κ2) is 4.43. The van der Waals surface area contributed by atoms with Crippen molar-refractivity contribution in [3.05, 3.63) is 64.2 Å². The van der Waals surface area contributed by atoms with Gasteiger partial charge < -0.3 is 4.98 Å². The summed E-state index contributed by atoms with van der Waals surface area (Å²) in [6.45, 7) is 0. The quantitative estimate of drug-likeness (QED) is 0.549. The molecule has 0 aliphatic heterocycles. The van der Waals surface area contributed by atoms with Crippen molar-refractivity contribution in [3.8, 4) is 11.3 Å². The molecule has 21 heavy (non-hydrogen) atoms. The molecule has 3 aromatic heterocycles. The van der Waals surface area contributed by atoms with Gasteiger partial charge in [0.1, 0.15) is 10.8 Å². The molecule has 0 fully saturated rings. The number of nitrogens with zero attached hydrogens (tertiary/aromatic N) is 3. The van der Waals surface area contributed by atoms with Crippen LogP contribution in [0.3, 0.4) is 0 Å². The molecule has 0 saturated heterocycles. The van der Waals surface area contributed by atoms with Gasteiger partial charge >= 0.3 is 0 Å². The van der Waals surface area contributed by atoms with Crippen LogP contribution in [0.1, 0.15) is 0 Å². The fourth-order valence-corrected chi connectivity index (χ4v) is 2.56. The summed E-state index contributed by atoms with van der Waals surface area (Å²) in [4.78, 5) is 18.9. The highest BCUT2D eigenvalue weighted by Crippen LogP contribution is 2.22. The smallest absolute Gasteiger partial charge is 0.259 e. The van der Waals surface area contributed by atoms with Crippen LogP contribution in [0.25, 0.3) is 27.8 Å². The van der Waals surface area contributed by atoms with Crippen molar-refractivity contribution >= 4 is 28.2 Å². The lowest BCUT2D eigenvalue weighted by atomic mass is 10.2. The van der Waals surface area contributed by atoms with E-state index in [4.69, 9.17) is 11.6 Å². The Hall–Kier alpha value is -2.66. The maximum Gasteiger partial charge on any atom is 0.259 e. The molecule has 0 spiro atoms. The highest BCUT2D eigenvalue weighted by atomic mass is 35.5. The molecule has 1 aromatic carbocycles. The van der Waals surface area contributed by atoms with Gasteiger partial charge in [0, 0.05) is 17.8 Å². The van der Waals surface area contributed by atoms with Crippen molar-refractivity contribution < 1.29 is 0 Å². The third kappa shape index (κ3) is 1.90. The molecule has 3 heterocycles. The van der Waals surface area contributed by atoms with Gasteiger partial charge in [0.15, 0.2) is 0 Å². The third-order valence-electron chi connectivity index (χ3n) is 3.35. The van der Waals surface area contributed by atoms with E-state index in [0.29, 0.717) is 16.2 Å². The second-order valence-corrected chi connectivity index (χ2v) is 5.05. The van der Waals surface area contributed by atoms with E-state index >= 15 is 0 Å². The van der Waals surface area contributed by atoms with E-state index in [-0.39, 0.29) is 5.56 Å². The Morgan fingerprint density at radius 1 is 1.14 bits per heavy atom. The molecule has 0 aliphatic carbocycles. The minimum absolute atomic E-state index is 0.127. The van der Waals surface area contributed by atoms with Crippen LogP contribution in [0.5, 0.6) is 0 Å². The van der Waals surface area contributed by atoms with Crippen molar-refractivity contribution in [2.45, 2.75) is 0 Å². The van der Waals surface area contributed by atoms with Gasteiger partial charge in [-0.3, -0.25) is 4.79 Å². The van der Waals surface area contributed by atoms with E-state index in [0.717, 1.165) is 16.8 Å². The first-order valence-electron chi connectivity index (χ1n) is 6.35. The number of para-hydroxylation sites is 1. The van der Waals surface area contributed by atoms with Gasteiger partial charge in [-0.05, 0) is 24.3 Å². The van der Waals surface area contributed by atoms with E-state index in [9.17, 15) is 4.79 Å². The Bertz CT molecular complexity index is 1030. The molecule has 102 valence electrons. The van der Waals surface area contributed by atoms with E-state index in [1.54, 1.807) is 22.8 Å². The van der Waals surface area contributed by atoms with Crippen molar-refractivity contribution in [2.24, 2.45) is 0 Å². The van der Waals surface area contributed by atoms with Crippen molar-refractivity contribution in [3.63, 3.8) is 0 Å². The summed E-state index contributed by atoms with van der Waals surface area (Å²) in [7, 11) is 0. The minimum Gasteiger partial charge on any atom is -0.306 e. The number of nitrogens with one attached hydrogen (secondary N) is 1. The van der Waals surface area contributed by atoms with E-state index in [1.165, 1.54) is 0 Å². The number of rotatable bonds is 1. The lowest BCUT2D eigenvalue weighted by Gasteiger charge is -1.99. The average Bonchev–Trinajstić information content (AvgIpc) is 2.92. The predicted octanol–water partition coefficient (Wildman–Crippen LogP) is 2.89. The Balaban J connectivity index is 2.07. The molecule has 4 rings (SSSR count). The maximum atomic E-state index is 12.1. The van der Waals surface area contributed by atoms with Crippen LogP contribution in [-0.2, 0) is 0 Å². The van der Waals surface area contributed by atoms with Gasteiger partial charge in [-0.2, -0.15) is 5.10 Å². The van der Waals surface area contributed by atoms with Crippen LogP contribution >= 0.6 is 11.6 Å². The summed E-state index contributed by atoms with van der Waals surface area (Å²) in [6.07, 6.45) is 1.63. The first-order valence-corrected chi connectivity index (χ1v) is 6.73. The highest BCUT2D eigenvalue weighted by Gasteiger charge is 2.09. The van der Waals surface area contributed by atoms with Crippen LogP contribution in [0.4, 0.5) is 0 Å². The first-order chi connectivity index (χ1) is 10.2. The van der Waals surface area contributed by atoms with E-state index in [2.05, 4.69) is 15.1 Å². The molecule has 0 amide bonds. The molecule has 0 unspecified atom stereocenters. The number of hydrogen-bond donors (Lipinski definition) is 1. The Morgan fingerprint density at radius 3 is 2.86 bits per heavy atom. The topological polar surface area (TPSA) is 63.0 Å². The Morgan fingerprint density at radius 2 is 2.00 bits per heavy atom. The van der Waals surface area contributed by atoms with Gasteiger partial charge in [0.25, 0.3) is 5.56 Å². The molecule has 0 radical (unpaired) electrons. The van der Waals surface area contributed by atoms with Crippen LogP contribution in [0, 0.1) is 0 Å². The number of aromatic amines is 1.